The van der Waals surface area contributed by atoms with E-state index in [0.717, 1.165) is 28.6 Å². The lowest BCUT2D eigenvalue weighted by atomic mass is 10.2. The SMILES string of the molecule is C/C=C/N(C)C=Nc1c(C=O)sc2nccc(N(C)C)c12.C/C=C\CCO.CC. The average molecular weight is 419 g/mol. The fourth-order valence-electron chi connectivity index (χ4n) is 2.25. The summed E-state index contributed by atoms with van der Waals surface area (Å²) in [7, 11) is 5.82. The highest BCUT2D eigenvalue weighted by Gasteiger charge is 2.16. The molecule has 2 rings (SSSR count). The minimum atomic E-state index is 0.268. The number of hydrogen-bond acceptors (Lipinski definition) is 6. The lowest BCUT2D eigenvalue weighted by Crippen LogP contribution is -2.09. The molecule has 6 nitrogen and oxygen atoms in total. The number of rotatable bonds is 7. The zero-order chi connectivity index (χ0) is 22.2. The average Bonchev–Trinajstić information content (AvgIpc) is 3.10. The Hall–Kier alpha value is -2.51. The monoisotopic (exact) mass is 418 g/mol. The van der Waals surface area contributed by atoms with Gasteiger partial charge < -0.3 is 14.9 Å². The highest BCUT2D eigenvalue weighted by Crippen LogP contribution is 2.40. The van der Waals surface area contributed by atoms with E-state index in [1.165, 1.54) is 11.3 Å². The van der Waals surface area contributed by atoms with Crippen LogP contribution in [0.25, 0.3) is 10.2 Å². The van der Waals surface area contributed by atoms with Gasteiger partial charge in [-0.15, -0.1) is 11.3 Å². The van der Waals surface area contributed by atoms with Crippen LogP contribution in [0.5, 0.6) is 0 Å². The molecule has 2 aromatic heterocycles. The van der Waals surface area contributed by atoms with E-state index in [-0.39, 0.29) is 6.61 Å². The van der Waals surface area contributed by atoms with Crippen LogP contribution in [0.15, 0.2) is 41.7 Å². The molecule has 0 bridgehead atoms. The molecule has 0 fully saturated rings. The van der Waals surface area contributed by atoms with Gasteiger partial charge in [-0.05, 0) is 26.3 Å². The molecule has 0 amide bonds. The van der Waals surface area contributed by atoms with E-state index in [9.17, 15) is 4.79 Å². The second-order valence-electron chi connectivity index (χ2n) is 5.81. The third kappa shape index (κ3) is 8.58. The van der Waals surface area contributed by atoms with Gasteiger partial charge in [0.15, 0.2) is 6.29 Å². The van der Waals surface area contributed by atoms with Gasteiger partial charge in [-0.25, -0.2) is 9.98 Å². The van der Waals surface area contributed by atoms with Crippen molar-refractivity contribution in [3.63, 3.8) is 0 Å². The lowest BCUT2D eigenvalue weighted by molar-refractivity contribution is 0.112. The Morgan fingerprint density at radius 3 is 2.38 bits per heavy atom. The molecule has 0 saturated heterocycles. The van der Waals surface area contributed by atoms with Gasteiger partial charge in [0.25, 0.3) is 0 Å². The van der Waals surface area contributed by atoms with E-state index in [2.05, 4.69) is 9.98 Å². The molecule has 1 N–H and O–H groups in total. The summed E-state index contributed by atoms with van der Waals surface area (Å²) in [6, 6.07) is 1.93. The number of hydrogen-bond donors (Lipinski definition) is 1. The van der Waals surface area contributed by atoms with Crippen molar-refractivity contribution in [2.45, 2.75) is 34.1 Å². The number of aliphatic hydroxyl groups excluding tert-OH is 1. The maximum atomic E-state index is 11.3. The summed E-state index contributed by atoms with van der Waals surface area (Å²) >= 11 is 1.36. The maximum absolute atomic E-state index is 11.3. The first kappa shape index (κ1) is 26.5. The van der Waals surface area contributed by atoms with Gasteiger partial charge in [-0.3, -0.25) is 4.79 Å². The Kier molecular flexibility index (Phi) is 14.1. The molecule has 0 saturated carbocycles. The van der Waals surface area contributed by atoms with Gasteiger partial charge in [0.1, 0.15) is 4.83 Å². The van der Waals surface area contributed by atoms with Crippen LogP contribution in [0.1, 0.15) is 43.8 Å². The third-order valence-corrected chi connectivity index (χ3v) is 4.46. The molecule has 7 heteroatoms. The van der Waals surface area contributed by atoms with Gasteiger partial charge >= 0.3 is 0 Å². The molecule has 0 atom stereocenters. The summed E-state index contributed by atoms with van der Waals surface area (Å²) in [5, 5.41) is 9.06. The number of anilines is 1. The molecule has 0 unspecified atom stereocenters. The first-order valence-corrected chi connectivity index (χ1v) is 10.5. The Bertz CT molecular complexity index is 810. The number of aldehydes is 1. The topological polar surface area (TPSA) is 69.0 Å². The van der Waals surface area contributed by atoms with Gasteiger partial charge in [-0.2, -0.15) is 0 Å². The zero-order valence-corrected chi connectivity index (χ0v) is 19.4. The molecule has 2 aromatic rings. The largest absolute Gasteiger partial charge is 0.396 e. The maximum Gasteiger partial charge on any atom is 0.162 e. The van der Waals surface area contributed by atoms with Crippen LogP contribution < -0.4 is 4.90 Å². The molecule has 0 radical (unpaired) electrons. The summed E-state index contributed by atoms with van der Waals surface area (Å²) < 4.78 is 0. The normalized spacial score (nSPS) is 10.8. The second-order valence-corrected chi connectivity index (χ2v) is 6.84. The molecule has 2 heterocycles. The summed E-state index contributed by atoms with van der Waals surface area (Å²) in [6.45, 7) is 8.15. The van der Waals surface area contributed by atoms with E-state index in [1.54, 1.807) is 12.5 Å². The molecular weight excluding hydrogens is 384 g/mol. The van der Waals surface area contributed by atoms with E-state index < -0.39 is 0 Å². The molecule has 0 aliphatic heterocycles. The number of thiophene rings is 1. The summed E-state index contributed by atoms with van der Waals surface area (Å²) in [4.78, 5) is 25.4. The fraction of sp³-hybridized carbons (Fsp3) is 0.409. The van der Waals surface area contributed by atoms with Crippen LogP contribution in [0.4, 0.5) is 11.4 Å². The number of aromatic nitrogens is 1. The van der Waals surface area contributed by atoms with Crippen molar-refractivity contribution < 1.29 is 9.90 Å². The summed E-state index contributed by atoms with van der Waals surface area (Å²) in [5.74, 6) is 0. The van der Waals surface area contributed by atoms with Crippen LogP contribution >= 0.6 is 11.3 Å². The third-order valence-electron chi connectivity index (χ3n) is 3.44. The highest BCUT2D eigenvalue weighted by atomic mass is 32.1. The smallest absolute Gasteiger partial charge is 0.162 e. The molecular formula is C22H34N4O2S. The molecule has 160 valence electrons. The Morgan fingerprint density at radius 2 is 1.90 bits per heavy atom. The number of aliphatic imine (C=N–C) groups is 1. The van der Waals surface area contributed by atoms with Crippen molar-refractivity contribution in [1.82, 2.24) is 9.88 Å². The molecule has 0 aromatic carbocycles. The predicted octanol–water partition coefficient (Wildman–Crippen LogP) is 5.27. The van der Waals surface area contributed by atoms with Crippen LogP contribution in [-0.2, 0) is 0 Å². The van der Waals surface area contributed by atoms with Crippen LogP contribution in [0.3, 0.4) is 0 Å². The van der Waals surface area contributed by atoms with Crippen LogP contribution in [-0.4, -0.2) is 55.4 Å². The van der Waals surface area contributed by atoms with Crippen LogP contribution in [0.2, 0.25) is 0 Å². The Morgan fingerprint density at radius 1 is 1.21 bits per heavy atom. The number of carbonyl (C=O) groups is 1. The quantitative estimate of drug-likeness (QED) is 0.287. The van der Waals surface area contributed by atoms with Gasteiger partial charge in [0.05, 0.1) is 28.0 Å². The summed E-state index contributed by atoms with van der Waals surface area (Å²) in [6.07, 6.45) is 12.7. The minimum Gasteiger partial charge on any atom is -0.396 e. The van der Waals surface area contributed by atoms with E-state index in [4.69, 9.17) is 5.11 Å². The van der Waals surface area contributed by atoms with Gasteiger partial charge in [0.2, 0.25) is 0 Å². The lowest BCUT2D eigenvalue weighted by Gasteiger charge is -2.13. The second kappa shape index (κ2) is 15.4. The van der Waals surface area contributed by atoms with E-state index in [0.29, 0.717) is 10.6 Å². The molecule has 29 heavy (non-hydrogen) atoms. The number of allylic oxidation sites excluding steroid dienone is 2. The van der Waals surface area contributed by atoms with Crippen molar-refractivity contribution in [1.29, 1.82) is 0 Å². The Balaban J connectivity index is 0.000000841. The fourth-order valence-corrected chi connectivity index (χ4v) is 3.18. The molecule has 0 aliphatic rings. The first-order valence-electron chi connectivity index (χ1n) is 9.65. The van der Waals surface area contributed by atoms with Crippen molar-refractivity contribution in [3.05, 3.63) is 41.6 Å². The van der Waals surface area contributed by atoms with Crippen molar-refractivity contribution >= 4 is 45.6 Å². The predicted molar refractivity (Wildman–Crippen MR) is 128 cm³/mol. The van der Waals surface area contributed by atoms with Gasteiger partial charge in [0, 0.05) is 40.1 Å². The number of aliphatic hydroxyl groups is 1. The standard InChI is InChI=1S/C15H18N4OS.C5H10O.C2H6/c1-5-8-19(4)10-17-14-12(9-20)21-15-13(14)11(18(2)3)6-7-16-15;1-2-3-4-5-6;1-2/h5-10H,1-4H3;2-3,6H,4-5H2,1H3;1-2H3/b8-5+,17-10?;3-2-;. The zero-order valence-electron chi connectivity index (χ0n) is 18.6. The molecule has 0 spiro atoms. The first-order chi connectivity index (χ1) is 14.0. The molecule has 0 aliphatic carbocycles. The van der Waals surface area contributed by atoms with Crippen molar-refractivity contribution in [2.75, 3.05) is 32.6 Å². The van der Waals surface area contributed by atoms with Crippen molar-refractivity contribution in [2.24, 2.45) is 4.99 Å². The number of pyridine rings is 1. The summed E-state index contributed by atoms with van der Waals surface area (Å²) in [5.41, 5.74) is 1.68. The van der Waals surface area contributed by atoms with Gasteiger partial charge in [-0.1, -0.05) is 32.1 Å². The number of nitrogens with zero attached hydrogens (tertiary/aromatic N) is 4. The number of fused-ring (bicyclic) bond motifs is 1. The van der Waals surface area contributed by atoms with Crippen LogP contribution in [0, 0.1) is 0 Å². The van der Waals surface area contributed by atoms with Crippen molar-refractivity contribution in [3.8, 4) is 0 Å². The highest BCUT2D eigenvalue weighted by molar-refractivity contribution is 7.21. The van der Waals surface area contributed by atoms with E-state index in [1.807, 2.05) is 89.1 Å². The minimum absolute atomic E-state index is 0.268. The Labute approximate surface area is 178 Å². The number of carbonyl (C=O) groups excluding carboxylic acids is 1. The van der Waals surface area contributed by atoms with E-state index >= 15 is 0 Å².